The molecule has 0 saturated heterocycles. The van der Waals surface area contributed by atoms with Crippen LogP contribution in [0.4, 0.5) is 21.5 Å². The van der Waals surface area contributed by atoms with Crippen molar-refractivity contribution < 1.29 is 4.39 Å². The number of hydrogen-bond acceptors (Lipinski definition) is 3. The zero-order valence-corrected chi connectivity index (χ0v) is 17.4. The molecule has 0 unspecified atom stereocenters. The molecule has 0 aliphatic rings. The molecular formula is C23H18Cl2FN3. The second-order valence-corrected chi connectivity index (χ2v) is 7.70. The molecule has 0 aliphatic carbocycles. The first kappa shape index (κ1) is 19.5. The van der Waals surface area contributed by atoms with E-state index in [1.807, 2.05) is 49.3 Å². The minimum Gasteiger partial charge on any atom is -0.377 e. The fourth-order valence-electron chi connectivity index (χ4n) is 3.21. The van der Waals surface area contributed by atoms with Crippen molar-refractivity contribution >= 4 is 51.2 Å². The number of aromatic nitrogens is 1. The van der Waals surface area contributed by atoms with Crippen LogP contribution in [0.25, 0.3) is 22.2 Å². The number of hydrogen-bond donors (Lipinski definition) is 1. The molecule has 4 rings (SSSR count). The maximum Gasteiger partial charge on any atom is 0.123 e. The molecule has 0 bridgehead atoms. The van der Waals surface area contributed by atoms with Crippen LogP contribution in [0.2, 0.25) is 10.0 Å². The Morgan fingerprint density at radius 1 is 0.897 bits per heavy atom. The predicted molar refractivity (Wildman–Crippen MR) is 121 cm³/mol. The van der Waals surface area contributed by atoms with Gasteiger partial charge in [0.05, 0.1) is 26.9 Å². The van der Waals surface area contributed by atoms with Crippen molar-refractivity contribution in [2.24, 2.45) is 0 Å². The molecule has 0 aliphatic heterocycles. The average molecular weight is 426 g/mol. The zero-order chi connectivity index (χ0) is 20.5. The van der Waals surface area contributed by atoms with Crippen LogP contribution in [-0.4, -0.2) is 19.1 Å². The Labute approximate surface area is 178 Å². The Hall–Kier alpha value is -2.82. The van der Waals surface area contributed by atoms with E-state index in [0.717, 1.165) is 33.5 Å². The summed E-state index contributed by atoms with van der Waals surface area (Å²) in [5.74, 6) is -0.285. The molecule has 0 spiro atoms. The molecule has 0 saturated carbocycles. The molecule has 0 fully saturated rings. The first-order valence-electron chi connectivity index (χ1n) is 9.01. The molecule has 6 heteroatoms. The SMILES string of the molecule is CN(C)c1cc(-c2cccc(F)c2)nc2ccc(Nc3c(Cl)cccc3Cl)cc12. The summed E-state index contributed by atoms with van der Waals surface area (Å²) < 4.78 is 13.7. The van der Waals surface area contributed by atoms with Gasteiger partial charge < -0.3 is 10.2 Å². The quantitative estimate of drug-likeness (QED) is 0.375. The van der Waals surface area contributed by atoms with Crippen LogP contribution in [0.3, 0.4) is 0 Å². The highest BCUT2D eigenvalue weighted by atomic mass is 35.5. The lowest BCUT2D eigenvalue weighted by molar-refractivity contribution is 0.628. The van der Waals surface area contributed by atoms with Crippen LogP contribution in [0.1, 0.15) is 0 Å². The molecule has 3 nitrogen and oxygen atoms in total. The Kier molecular flexibility index (Phi) is 5.31. The molecule has 1 heterocycles. The van der Waals surface area contributed by atoms with Gasteiger partial charge in [0.2, 0.25) is 0 Å². The summed E-state index contributed by atoms with van der Waals surface area (Å²) in [5, 5.41) is 5.35. The number of nitrogens with zero attached hydrogens (tertiary/aromatic N) is 2. The van der Waals surface area contributed by atoms with Crippen LogP contribution in [0.5, 0.6) is 0 Å². The van der Waals surface area contributed by atoms with Crippen LogP contribution in [-0.2, 0) is 0 Å². The lowest BCUT2D eigenvalue weighted by Crippen LogP contribution is -2.10. The van der Waals surface area contributed by atoms with E-state index >= 15 is 0 Å². The first-order valence-corrected chi connectivity index (χ1v) is 9.77. The van der Waals surface area contributed by atoms with Gasteiger partial charge in [-0.15, -0.1) is 0 Å². The van der Waals surface area contributed by atoms with Gasteiger partial charge in [-0.1, -0.05) is 41.4 Å². The molecule has 0 radical (unpaired) electrons. The van der Waals surface area contributed by atoms with Gasteiger partial charge in [-0.2, -0.15) is 0 Å². The molecule has 4 aromatic rings. The second kappa shape index (κ2) is 7.90. The summed E-state index contributed by atoms with van der Waals surface area (Å²) >= 11 is 12.6. The van der Waals surface area contributed by atoms with Gasteiger partial charge in [-0.25, -0.2) is 9.37 Å². The Morgan fingerprint density at radius 3 is 2.31 bits per heavy atom. The highest BCUT2D eigenvalue weighted by Crippen LogP contribution is 2.36. The van der Waals surface area contributed by atoms with E-state index in [4.69, 9.17) is 28.2 Å². The lowest BCUT2D eigenvalue weighted by atomic mass is 10.1. The minimum atomic E-state index is -0.285. The summed E-state index contributed by atoms with van der Waals surface area (Å²) in [5.41, 5.74) is 4.74. The molecule has 29 heavy (non-hydrogen) atoms. The molecule has 3 aromatic carbocycles. The highest BCUT2D eigenvalue weighted by molar-refractivity contribution is 6.39. The Bertz CT molecular complexity index is 1190. The van der Waals surface area contributed by atoms with Crippen LogP contribution in [0, 0.1) is 5.82 Å². The third-order valence-electron chi connectivity index (χ3n) is 4.62. The van der Waals surface area contributed by atoms with Gasteiger partial charge in [0.1, 0.15) is 5.82 Å². The van der Waals surface area contributed by atoms with Gasteiger partial charge in [0, 0.05) is 36.4 Å². The van der Waals surface area contributed by atoms with Gasteiger partial charge in [-0.05, 0) is 48.5 Å². The molecule has 1 aromatic heterocycles. The number of pyridine rings is 1. The normalized spacial score (nSPS) is 10.9. The molecule has 0 amide bonds. The maximum absolute atomic E-state index is 13.7. The predicted octanol–water partition coefficient (Wildman–Crippen LogP) is 7.16. The topological polar surface area (TPSA) is 28.2 Å². The van der Waals surface area contributed by atoms with Crippen molar-refractivity contribution in [3.63, 3.8) is 0 Å². The number of anilines is 3. The van der Waals surface area contributed by atoms with Crippen molar-refractivity contribution in [1.29, 1.82) is 0 Å². The zero-order valence-electron chi connectivity index (χ0n) is 15.9. The Morgan fingerprint density at radius 2 is 1.62 bits per heavy atom. The van der Waals surface area contributed by atoms with Gasteiger partial charge >= 0.3 is 0 Å². The van der Waals surface area contributed by atoms with Crippen molar-refractivity contribution in [3.05, 3.63) is 82.6 Å². The number of para-hydroxylation sites is 1. The maximum atomic E-state index is 13.7. The van der Waals surface area contributed by atoms with Crippen LogP contribution >= 0.6 is 23.2 Å². The molecule has 0 atom stereocenters. The first-order chi connectivity index (χ1) is 13.9. The second-order valence-electron chi connectivity index (χ2n) is 6.88. The number of rotatable bonds is 4. The third kappa shape index (κ3) is 4.00. The van der Waals surface area contributed by atoms with Crippen molar-refractivity contribution in [1.82, 2.24) is 4.98 Å². The van der Waals surface area contributed by atoms with E-state index < -0.39 is 0 Å². The summed E-state index contributed by atoms with van der Waals surface area (Å²) in [4.78, 5) is 6.75. The van der Waals surface area contributed by atoms with Gasteiger partial charge in [0.25, 0.3) is 0 Å². The lowest BCUT2D eigenvalue weighted by Gasteiger charge is -2.18. The fourth-order valence-corrected chi connectivity index (χ4v) is 3.70. The summed E-state index contributed by atoms with van der Waals surface area (Å²) in [7, 11) is 3.93. The van der Waals surface area contributed by atoms with Gasteiger partial charge in [0.15, 0.2) is 0 Å². The molecule has 1 N–H and O–H groups in total. The monoisotopic (exact) mass is 425 g/mol. The highest BCUT2D eigenvalue weighted by Gasteiger charge is 2.12. The summed E-state index contributed by atoms with van der Waals surface area (Å²) in [6.07, 6.45) is 0. The largest absolute Gasteiger partial charge is 0.377 e. The van der Waals surface area contributed by atoms with Crippen molar-refractivity contribution in [2.75, 3.05) is 24.3 Å². The fraction of sp³-hybridized carbons (Fsp3) is 0.0870. The van der Waals surface area contributed by atoms with E-state index in [1.165, 1.54) is 12.1 Å². The van der Waals surface area contributed by atoms with Crippen molar-refractivity contribution in [3.8, 4) is 11.3 Å². The molecular weight excluding hydrogens is 408 g/mol. The molecule has 146 valence electrons. The van der Waals surface area contributed by atoms with Crippen molar-refractivity contribution in [2.45, 2.75) is 0 Å². The number of benzene rings is 3. The van der Waals surface area contributed by atoms with E-state index in [-0.39, 0.29) is 5.82 Å². The summed E-state index contributed by atoms with van der Waals surface area (Å²) in [6, 6.07) is 19.6. The smallest absolute Gasteiger partial charge is 0.123 e. The van der Waals surface area contributed by atoms with Crippen LogP contribution in [0.15, 0.2) is 66.7 Å². The van der Waals surface area contributed by atoms with E-state index in [0.29, 0.717) is 15.7 Å². The standard InChI is InChI=1S/C23H18Cl2FN3/c1-29(2)22-13-21(14-5-3-6-15(26)11-14)28-20-10-9-16(12-17(20)22)27-23-18(24)7-4-8-19(23)25/h3-13,27H,1-2H3. The summed E-state index contributed by atoms with van der Waals surface area (Å²) in [6.45, 7) is 0. The minimum absolute atomic E-state index is 0.285. The van der Waals surface area contributed by atoms with Crippen LogP contribution < -0.4 is 10.2 Å². The van der Waals surface area contributed by atoms with E-state index in [9.17, 15) is 4.39 Å². The number of fused-ring (bicyclic) bond motifs is 1. The Balaban J connectivity index is 1.82. The van der Waals surface area contributed by atoms with E-state index in [2.05, 4.69) is 5.32 Å². The van der Waals surface area contributed by atoms with Gasteiger partial charge in [-0.3, -0.25) is 0 Å². The third-order valence-corrected chi connectivity index (χ3v) is 5.25. The average Bonchev–Trinajstić information content (AvgIpc) is 2.70. The number of halogens is 3. The number of nitrogens with one attached hydrogen (secondary N) is 1. The van der Waals surface area contributed by atoms with E-state index in [1.54, 1.807) is 24.3 Å².